The predicted octanol–water partition coefficient (Wildman–Crippen LogP) is 2.07. The van der Waals surface area contributed by atoms with Crippen molar-refractivity contribution in [2.45, 2.75) is 31.7 Å². The Labute approximate surface area is 147 Å². The fraction of sp³-hybridized carbons (Fsp3) is 0.368. The summed E-state index contributed by atoms with van der Waals surface area (Å²) in [4.78, 5) is 22.7. The molecule has 3 rings (SSSR count). The maximum absolute atomic E-state index is 12.1. The third-order valence-corrected chi connectivity index (χ3v) is 4.43. The molecule has 6 heteroatoms. The van der Waals surface area contributed by atoms with E-state index in [0.29, 0.717) is 18.4 Å². The molecule has 0 spiro atoms. The third-order valence-electron chi connectivity index (χ3n) is 4.43. The number of hydrogen-bond donors (Lipinski definition) is 1. The molecule has 2 aromatic heterocycles. The van der Waals surface area contributed by atoms with Crippen LogP contribution >= 0.6 is 0 Å². The van der Waals surface area contributed by atoms with E-state index in [2.05, 4.69) is 26.3 Å². The Kier molecular flexibility index (Phi) is 5.57. The van der Waals surface area contributed by atoms with Crippen LogP contribution in [0.25, 0.3) is 0 Å². The molecule has 3 heterocycles. The summed E-state index contributed by atoms with van der Waals surface area (Å²) in [5.74, 6) is 0.823. The summed E-state index contributed by atoms with van der Waals surface area (Å²) >= 11 is 0. The fourth-order valence-corrected chi connectivity index (χ4v) is 3.08. The summed E-state index contributed by atoms with van der Waals surface area (Å²) in [5, 5.41) is 12.3. The molecule has 25 heavy (non-hydrogen) atoms. The molecule has 0 unspecified atom stereocenters. The van der Waals surface area contributed by atoms with Gasteiger partial charge in [0.15, 0.2) is 0 Å². The number of amides is 1. The van der Waals surface area contributed by atoms with Crippen LogP contribution in [0.1, 0.15) is 30.4 Å². The molecule has 0 bridgehead atoms. The Morgan fingerprint density at radius 1 is 1.28 bits per heavy atom. The zero-order valence-electron chi connectivity index (χ0n) is 14.1. The van der Waals surface area contributed by atoms with Crippen LogP contribution in [0, 0.1) is 11.3 Å². The average Bonchev–Trinajstić information content (AvgIpc) is 2.68. The van der Waals surface area contributed by atoms with Gasteiger partial charge >= 0.3 is 0 Å². The molecule has 0 radical (unpaired) electrons. The highest BCUT2D eigenvalue weighted by Crippen LogP contribution is 2.21. The molecular weight excluding hydrogens is 314 g/mol. The number of carbonyl (C=O) groups excluding carboxylic acids is 1. The number of carbonyl (C=O) groups is 1. The molecule has 1 aliphatic heterocycles. The van der Waals surface area contributed by atoms with Crippen molar-refractivity contribution in [3.63, 3.8) is 0 Å². The number of rotatable bonds is 5. The second-order valence-electron chi connectivity index (χ2n) is 6.18. The lowest BCUT2D eigenvalue weighted by atomic mass is 10.0. The van der Waals surface area contributed by atoms with Crippen molar-refractivity contribution in [1.82, 2.24) is 15.3 Å². The van der Waals surface area contributed by atoms with E-state index in [-0.39, 0.29) is 11.9 Å². The third kappa shape index (κ3) is 4.54. The summed E-state index contributed by atoms with van der Waals surface area (Å²) in [6.45, 7) is 1.58. The standard InChI is InChI=1S/C19H21N5O/c20-13-16-4-2-10-22-19(16)24-11-7-17(8-12-24)23-18(25)6-5-15-3-1-9-21-14-15/h1-4,9-10,14,17H,5-8,11-12H2,(H,23,25). The Morgan fingerprint density at radius 2 is 2.08 bits per heavy atom. The van der Waals surface area contributed by atoms with E-state index in [9.17, 15) is 10.1 Å². The van der Waals surface area contributed by atoms with Gasteiger partial charge in [-0.15, -0.1) is 0 Å². The SMILES string of the molecule is N#Cc1cccnc1N1CCC(NC(=O)CCc2cccnc2)CC1. The molecule has 1 fully saturated rings. The highest BCUT2D eigenvalue weighted by Gasteiger charge is 2.22. The van der Waals surface area contributed by atoms with Gasteiger partial charge in [-0.05, 0) is 43.0 Å². The van der Waals surface area contributed by atoms with Crippen molar-refractivity contribution in [3.05, 3.63) is 54.0 Å². The minimum Gasteiger partial charge on any atom is -0.355 e. The molecule has 0 aliphatic carbocycles. The van der Waals surface area contributed by atoms with Crippen LogP contribution in [-0.4, -0.2) is 35.0 Å². The molecule has 1 amide bonds. The quantitative estimate of drug-likeness (QED) is 0.904. The van der Waals surface area contributed by atoms with E-state index < -0.39 is 0 Å². The van der Waals surface area contributed by atoms with E-state index in [1.807, 2.05) is 12.1 Å². The van der Waals surface area contributed by atoms with Crippen molar-refractivity contribution in [2.75, 3.05) is 18.0 Å². The van der Waals surface area contributed by atoms with Crippen LogP contribution in [0.2, 0.25) is 0 Å². The van der Waals surface area contributed by atoms with Crippen LogP contribution in [-0.2, 0) is 11.2 Å². The fourth-order valence-electron chi connectivity index (χ4n) is 3.08. The van der Waals surface area contributed by atoms with Gasteiger partial charge in [-0.2, -0.15) is 5.26 Å². The minimum absolute atomic E-state index is 0.0813. The van der Waals surface area contributed by atoms with E-state index in [1.165, 1.54) is 0 Å². The van der Waals surface area contributed by atoms with Gasteiger partial charge in [-0.1, -0.05) is 6.07 Å². The van der Waals surface area contributed by atoms with Crippen molar-refractivity contribution in [2.24, 2.45) is 0 Å². The monoisotopic (exact) mass is 335 g/mol. The Bertz CT molecular complexity index is 748. The number of piperidine rings is 1. The van der Waals surface area contributed by atoms with Crippen molar-refractivity contribution < 1.29 is 4.79 Å². The van der Waals surface area contributed by atoms with Gasteiger partial charge in [0.2, 0.25) is 5.91 Å². The normalized spacial score (nSPS) is 14.8. The smallest absolute Gasteiger partial charge is 0.220 e. The number of nitrogens with one attached hydrogen (secondary N) is 1. The van der Waals surface area contributed by atoms with E-state index >= 15 is 0 Å². The Balaban J connectivity index is 1.46. The average molecular weight is 335 g/mol. The molecule has 1 saturated heterocycles. The van der Waals surface area contributed by atoms with Crippen molar-refractivity contribution in [1.29, 1.82) is 5.26 Å². The Hall–Kier alpha value is -2.94. The molecule has 0 saturated carbocycles. The number of nitriles is 1. The number of nitrogens with zero attached hydrogens (tertiary/aromatic N) is 4. The topological polar surface area (TPSA) is 81.9 Å². The maximum atomic E-state index is 12.1. The summed E-state index contributed by atoms with van der Waals surface area (Å²) in [6, 6.07) is 9.81. The molecule has 0 atom stereocenters. The number of hydrogen-bond acceptors (Lipinski definition) is 5. The summed E-state index contributed by atoms with van der Waals surface area (Å²) in [7, 11) is 0. The molecule has 0 aromatic carbocycles. The zero-order chi connectivity index (χ0) is 17.5. The molecule has 2 aromatic rings. The number of aryl methyl sites for hydroxylation is 1. The summed E-state index contributed by atoms with van der Waals surface area (Å²) in [5.41, 5.74) is 1.67. The van der Waals surface area contributed by atoms with E-state index in [1.54, 1.807) is 30.7 Å². The van der Waals surface area contributed by atoms with E-state index in [4.69, 9.17) is 0 Å². The molecule has 128 valence electrons. The number of anilines is 1. The van der Waals surface area contributed by atoms with Crippen molar-refractivity contribution in [3.8, 4) is 6.07 Å². The summed E-state index contributed by atoms with van der Waals surface area (Å²) < 4.78 is 0. The summed E-state index contributed by atoms with van der Waals surface area (Å²) in [6.07, 6.45) is 8.15. The number of aromatic nitrogens is 2. The second kappa shape index (κ2) is 8.25. The van der Waals surface area contributed by atoms with Crippen LogP contribution in [0.3, 0.4) is 0 Å². The van der Waals surface area contributed by atoms with Gasteiger partial charge in [0.25, 0.3) is 0 Å². The second-order valence-corrected chi connectivity index (χ2v) is 6.18. The zero-order valence-corrected chi connectivity index (χ0v) is 14.1. The predicted molar refractivity (Wildman–Crippen MR) is 94.9 cm³/mol. The van der Waals surface area contributed by atoms with Gasteiger partial charge in [0, 0.05) is 44.1 Å². The molecule has 1 N–H and O–H groups in total. The van der Waals surface area contributed by atoms with Crippen LogP contribution in [0.15, 0.2) is 42.9 Å². The lowest BCUT2D eigenvalue weighted by Crippen LogP contribution is -2.45. The molecule has 6 nitrogen and oxygen atoms in total. The first-order valence-electron chi connectivity index (χ1n) is 8.54. The van der Waals surface area contributed by atoms with Gasteiger partial charge in [-0.25, -0.2) is 4.98 Å². The first-order valence-corrected chi connectivity index (χ1v) is 8.54. The van der Waals surface area contributed by atoms with Gasteiger partial charge in [-0.3, -0.25) is 9.78 Å². The highest BCUT2D eigenvalue weighted by molar-refractivity contribution is 5.76. The van der Waals surface area contributed by atoms with Gasteiger partial charge in [0.05, 0.1) is 5.56 Å². The minimum atomic E-state index is 0.0813. The Morgan fingerprint density at radius 3 is 2.80 bits per heavy atom. The first kappa shape index (κ1) is 16.9. The highest BCUT2D eigenvalue weighted by atomic mass is 16.1. The maximum Gasteiger partial charge on any atom is 0.220 e. The van der Waals surface area contributed by atoms with Crippen molar-refractivity contribution >= 4 is 11.7 Å². The van der Waals surface area contributed by atoms with Gasteiger partial charge in [0.1, 0.15) is 11.9 Å². The largest absolute Gasteiger partial charge is 0.355 e. The van der Waals surface area contributed by atoms with Crippen LogP contribution in [0.4, 0.5) is 5.82 Å². The van der Waals surface area contributed by atoms with Crippen LogP contribution in [0.5, 0.6) is 0 Å². The lowest BCUT2D eigenvalue weighted by molar-refractivity contribution is -0.121. The number of pyridine rings is 2. The molecule has 1 aliphatic rings. The molecular formula is C19H21N5O. The van der Waals surface area contributed by atoms with Gasteiger partial charge < -0.3 is 10.2 Å². The lowest BCUT2D eigenvalue weighted by Gasteiger charge is -2.33. The first-order chi connectivity index (χ1) is 12.3. The van der Waals surface area contributed by atoms with E-state index in [0.717, 1.165) is 37.3 Å². The van der Waals surface area contributed by atoms with Crippen LogP contribution < -0.4 is 10.2 Å².